The van der Waals surface area contributed by atoms with Crippen LogP contribution in [0.3, 0.4) is 0 Å². The topological polar surface area (TPSA) is 9.23 Å². The van der Waals surface area contributed by atoms with E-state index >= 15 is 0 Å². The maximum atomic E-state index is 14.8. The molecule has 0 heterocycles. The third-order valence-corrected chi connectivity index (χ3v) is 9.77. The molecular formula is C32H48F2O. The molecule has 3 fully saturated rings. The highest BCUT2D eigenvalue weighted by Crippen LogP contribution is 2.48. The summed E-state index contributed by atoms with van der Waals surface area (Å²) in [6.45, 7) is 4.51. The van der Waals surface area contributed by atoms with Crippen molar-refractivity contribution in [2.45, 2.75) is 116 Å². The first kappa shape index (κ1) is 26.7. The maximum Gasteiger partial charge on any atom is 0.200 e. The monoisotopic (exact) mass is 486 g/mol. The second-order valence-electron chi connectivity index (χ2n) is 11.8. The molecule has 0 bridgehead atoms. The van der Waals surface area contributed by atoms with Gasteiger partial charge in [-0.2, -0.15) is 4.39 Å². The molecule has 3 aliphatic rings. The summed E-state index contributed by atoms with van der Waals surface area (Å²) < 4.78 is 34.6. The molecule has 0 spiro atoms. The van der Waals surface area contributed by atoms with E-state index in [0.29, 0.717) is 12.2 Å². The van der Waals surface area contributed by atoms with Crippen LogP contribution in [-0.4, -0.2) is 6.61 Å². The van der Waals surface area contributed by atoms with E-state index in [-0.39, 0.29) is 11.7 Å². The molecule has 0 radical (unpaired) electrons. The summed E-state index contributed by atoms with van der Waals surface area (Å²) in [7, 11) is 0. The summed E-state index contributed by atoms with van der Waals surface area (Å²) in [4.78, 5) is 0. The van der Waals surface area contributed by atoms with Crippen molar-refractivity contribution >= 4 is 0 Å². The molecule has 0 aromatic heterocycles. The van der Waals surface area contributed by atoms with Crippen LogP contribution >= 0.6 is 0 Å². The van der Waals surface area contributed by atoms with Crippen LogP contribution in [0.15, 0.2) is 24.3 Å². The zero-order valence-corrected chi connectivity index (χ0v) is 22.3. The van der Waals surface area contributed by atoms with Gasteiger partial charge < -0.3 is 4.74 Å². The number of ether oxygens (including phenoxy) is 1. The van der Waals surface area contributed by atoms with Gasteiger partial charge in [0.25, 0.3) is 0 Å². The highest BCUT2D eigenvalue weighted by molar-refractivity contribution is 5.33. The molecule has 1 aromatic carbocycles. The average molecular weight is 487 g/mol. The Morgan fingerprint density at radius 2 is 1.31 bits per heavy atom. The molecule has 1 aromatic rings. The Hall–Kier alpha value is -1.38. The fourth-order valence-corrected chi connectivity index (χ4v) is 7.62. The zero-order chi connectivity index (χ0) is 24.6. The van der Waals surface area contributed by atoms with Crippen molar-refractivity contribution < 1.29 is 13.5 Å². The van der Waals surface area contributed by atoms with E-state index in [2.05, 4.69) is 19.1 Å². The number of benzene rings is 1. The fourth-order valence-electron chi connectivity index (χ4n) is 7.62. The molecule has 0 saturated heterocycles. The Kier molecular flexibility index (Phi) is 10.1. The first-order valence-electron chi connectivity index (χ1n) is 14.8. The second kappa shape index (κ2) is 13.2. The van der Waals surface area contributed by atoms with Crippen LogP contribution in [0.2, 0.25) is 0 Å². The number of hydrogen-bond acceptors (Lipinski definition) is 1. The predicted octanol–water partition coefficient (Wildman–Crippen LogP) is 10.00. The standard InChI is InChI=1S/C32H48F2O/c1-3-5-6-7-23-8-10-24(11-9-23)25-12-14-26(15-13-25)27-16-18-28(19-17-27)29-20-21-30(35-22-4-2)32(34)31(29)33/h3,5,20-21,23-28H,4,6-19,22H2,1-2H3. The largest absolute Gasteiger partial charge is 0.490 e. The molecule has 0 N–H and O–H groups in total. The SMILES string of the molecule is CC=CCCC1CCC(C2CCC(C3CCC(c4ccc(OCCC)c(F)c4F)CC3)CC2)CC1. The highest BCUT2D eigenvalue weighted by Gasteiger charge is 2.35. The summed E-state index contributed by atoms with van der Waals surface area (Å²) >= 11 is 0. The van der Waals surface area contributed by atoms with E-state index in [1.54, 1.807) is 12.1 Å². The minimum absolute atomic E-state index is 0.0562. The summed E-state index contributed by atoms with van der Waals surface area (Å²) in [6.07, 6.45) is 23.8. The van der Waals surface area contributed by atoms with Gasteiger partial charge in [-0.05, 0) is 138 Å². The van der Waals surface area contributed by atoms with E-state index in [1.807, 2.05) is 6.92 Å². The Morgan fingerprint density at radius 3 is 1.86 bits per heavy atom. The smallest absolute Gasteiger partial charge is 0.200 e. The van der Waals surface area contributed by atoms with Gasteiger partial charge in [0.15, 0.2) is 11.6 Å². The lowest BCUT2D eigenvalue weighted by molar-refractivity contribution is 0.109. The molecule has 196 valence electrons. The fraction of sp³-hybridized carbons (Fsp3) is 0.750. The van der Waals surface area contributed by atoms with Gasteiger partial charge in [-0.25, -0.2) is 4.39 Å². The molecule has 0 atom stereocenters. The van der Waals surface area contributed by atoms with Crippen LogP contribution in [0, 0.1) is 41.2 Å². The van der Waals surface area contributed by atoms with E-state index in [4.69, 9.17) is 4.74 Å². The lowest BCUT2D eigenvalue weighted by atomic mass is 9.64. The number of rotatable bonds is 9. The van der Waals surface area contributed by atoms with Gasteiger partial charge >= 0.3 is 0 Å². The predicted molar refractivity (Wildman–Crippen MR) is 142 cm³/mol. The highest BCUT2D eigenvalue weighted by atomic mass is 19.2. The van der Waals surface area contributed by atoms with Crippen LogP contribution in [0.25, 0.3) is 0 Å². The van der Waals surface area contributed by atoms with Gasteiger partial charge in [0, 0.05) is 0 Å². The minimum Gasteiger partial charge on any atom is -0.490 e. The van der Waals surface area contributed by atoms with Crippen molar-refractivity contribution in [1.29, 1.82) is 0 Å². The van der Waals surface area contributed by atoms with E-state index in [0.717, 1.165) is 48.9 Å². The first-order chi connectivity index (χ1) is 17.1. The molecule has 0 aliphatic heterocycles. The second-order valence-corrected chi connectivity index (χ2v) is 11.8. The molecule has 3 heteroatoms. The van der Waals surface area contributed by atoms with Crippen molar-refractivity contribution in [3.63, 3.8) is 0 Å². The molecule has 3 aliphatic carbocycles. The number of hydrogen-bond donors (Lipinski definition) is 0. The van der Waals surface area contributed by atoms with Gasteiger partial charge in [0.1, 0.15) is 0 Å². The molecule has 4 rings (SSSR count). The van der Waals surface area contributed by atoms with Crippen LogP contribution in [0.4, 0.5) is 8.78 Å². The van der Waals surface area contributed by atoms with Gasteiger partial charge in [-0.15, -0.1) is 0 Å². The van der Waals surface area contributed by atoms with Crippen LogP contribution in [0.5, 0.6) is 5.75 Å². The summed E-state index contributed by atoms with van der Waals surface area (Å²) in [6, 6.07) is 3.40. The normalized spacial score (nSPS) is 32.1. The first-order valence-corrected chi connectivity index (χ1v) is 14.8. The lowest BCUT2D eigenvalue weighted by Crippen LogP contribution is -2.29. The molecule has 0 amide bonds. The summed E-state index contributed by atoms with van der Waals surface area (Å²) in [5.74, 6) is 3.28. The Morgan fingerprint density at radius 1 is 0.771 bits per heavy atom. The van der Waals surface area contributed by atoms with Gasteiger partial charge in [0.05, 0.1) is 6.61 Å². The third-order valence-electron chi connectivity index (χ3n) is 9.77. The van der Waals surface area contributed by atoms with Gasteiger partial charge in [0.2, 0.25) is 5.82 Å². The van der Waals surface area contributed by atoms with Crippen molar-refractivity contribution in [2.24, 2.45) is 29.6 Å². The van der Waals surface area contributed by atoms with E-state index < -0.39 is 11.6 Å². The zero-order valence-electron chi connectivity index (χ0n) is 22.3. The Labute approximate surface area is 213 Å². The van der Waals surface area contributed by atoms with Gasteiger partial charge in [-0.1, -0.05) is 38.0 Å². The van der Waals surface area contributed by atoms with Crippen molar-refractivity contribution in [2.75, 3.05) is 6.61 Å². The quantitative estimate of drug-likeness (QED) is 0.315. The van der Waals surface area contributed by atoms with E-state index in [9.17, 15) is 8.78 Å². The average Bonchev–Trinajstić information content (AvgIpc) is 2.90. The van der Waals surface area contributed by atoms with Crippen molar-refractivity contribution in [3.05, 3.63) is 41.5 Å². The number of allylic oxidation sites excluding steroid dienone is 2. The van der Waals surface area contributed by atoms with Crippen LogP contribution < -0.4 is 4.74 Å². The van der Waals surface area contributed by atoms with E-state index in [1.165, 1.54) is 77.0 Å². The van der Waals surface area contributed by atoms with Crippen molar-refractivity contribution in [1.82, 2.24) is 0 Å². The van der Waals surface area contributed by atoms with Crippen LogP contribution in [0.1, 0.15) is 122 Å². The van der Waals surface area contributed by atoms with Crippen LogP contribution in [-0.2, 0) is 0 Å². The summed E-state index contributed by atoms with van der Waals surface area (Å²) in [5, 5.41) is 0. The van der Waals surface area contributed by atoms with Crippen molar-refractivity contribution in [3.8, 4) is 5.75 Å². The minimum atomic E-state index is -0.803. The maximum absolute atomic E-state index is 14.8. The molecular weight excluding hydrogens is 438 g/mol. The Balaban J connectivity index is 1.20. The van der Waals surface area contributed by atoms with Gasteiger partial charge in [-0.3, -0.25) is 0 Å². The third kappa shape index (κ3) is 6.89. The molecule has 0 unspecified atom stereocenters. The molecule has 35 heavy (non-hydrogen) atoms. The molecule has 3 saturated carbocycles. The number of halogens is 2. The summed E-state index contributed by atoms with van der Waals surface area (Å²) in [5.41, 5.74) is 0.565. The Bertz CT molecular complexity index is 794. The molecule has 1 nitrogen and oxygen atoms in total. The lowest BCUT2D eigenvalue weighted by Gasteiger charge is -2.41.